The molecule has 1 rings (SSSR count). The molecule has 10 heteroatoms. The lowest BCUT2D eigenvalue weighted by molar-refractivity contribution is -0.146. The number of carbonyl (C=O) groups is 3. The molecule has 0 amide bonds. The summed E-state index contributed by atoms with van der Waals surface area (Å²) in [6.07, 6.45) is 4.11. The Morgan fingerprint density at radius 2 is 1.85 bits per heavy atom. The molecule has 0 radical (unpaired) electrons. The van der Waals surface area contributed by atoms with Gasteiger partial charge < -0.3 is 23.3 Å². The molecule has 0 aliphatic heterocycles. The zero-order chi connectivity index (χ0) is 25.6. The second kappa shape index (κ2) is 15.0. The van der Waals surface area contributed by atoms with Gasteiger partial charge in [0, 0.05) is 6.42 Å². The zero-order valence-corrected chi connectivity index (χ0v) is 21.0. The van der Waals surface area contributed by atoms with Gasteiger partial charge in [0.05, 0.1) is 32.9 Å². The summed E-state index contributed by atoms with van der Waals surface area (Å²) in [6, 6.07) is 6.13. The lowest BCUT2D eigenvalue weighted by Gasteiger charge is -2.24. The number of benzene rings is 1. The maximum Gasteiger partial charge on any atom is 0.431 e. The van der Waals surface area contributed by atoms with Crippen LogP contribution in [-0.4, -0.2) is 44.9 Å². The summed E-state index contributed by atoms with van der Waals surface area (Å²) in [5, 5.41) is 0. The third-order valence-electron chi connectivity index (χ3n) is 4.59. The molecule has 0 aliphatic carbocycles. The molecule has 0 spiro atoms. The average molecular weight is 496 g/mol. The van der Waals surface area contributed by atoms with E-state index in [0.29, 0.717) is 6.42 Å². The molecule has 1 aromatic rings. The number of unbranched alkanes of at least 4 members (excludes halogenated alkanes) is 1. The van der Waals surface area contributed by atoms with Gasteiger partial charge in [0.25, 0.3) is 0 Å². The third-order valence-corrected chi connectivity index (χ3v) is 6.46. The molecule has 0 aromatic heterocycles. The minimum absolute atomic E-state index is 0.00709. The van der Waals surface area contributed by atoms with Crippen LogP contribution in [-0.2, 0) is 32.9 Å². The average Bonchev–Trinajstić information content (AvgIpc) is 2.81. The van der Waals surface area contributed by atoms with Crippen LogP contribution in [0.1, 0.15) is 49.9 Å². The molecule has 1 aromatic carbocycles. The Hall–Kier alpha value is -3.06. The van der Waals surface area contributed by atoms with E-state index >= 15 is 0 Å². The number of hydrogen-bond acceptors (Lipinski definition) is 9. The quantitative estimate of drug-likeness (QED) is 0.0820. The van der Waals surface area contributed by atoms with E-state index in [0.717, 1.165) is 6.42 Å². The normalized spacial score (nSPS) is 13.4. The van der Waals surface area contributed by atoms with E-state index in [1.54, 1.807) is 25.1 Å². The summed E-state index contributed by atoms with van der Waals surface area (Å²) in [5.41, 5.74) is 0.0586. The lowest BCUT2D eigenvalue weighted by atomic mass is 10.1. The summed E-state index contributed by atoms with van der Waals surface area (Å²) in [7, 11) is -1.72. The number of para-hydroxylation sites is 1. The summed E-state index contributed by atoms with van der Waals surface area (Å²) in [5.74, 6) is -2.87. The molecular formula is C24H33O9P. The first-order valence-corrected chi connectivity index (χ1v) is 12.6. The lowest BCUT2D eigenvalue weighted by Crippen LogP contribution is -2.23. The minimum atomic E-state index is -4.13. The predicted octanol–water partition coefficient (Wildman–Crippen LogP) is 5.06. The Labute approximate surface area is 200 Å². The molecule has 188 valence electrons. The summed E-state index contributed by atoms with van der Waals surface area (Å²) in [6.45, 7) is 7.61. The van der Waals surface area contributed by atoms with Gasteiger partial charge in [-0.2, -0.15) is 0 Å². The maximum atomic E-state index is 13.8. The molecule has 34 heavy (non-hydrogen) atoms. The molecule has 9 nitrogen and oxygen atoms in total. The topological polar surface area (TPSA) is 114 Å². The summed E-state index contributed by atoms with van der Waals surface area (Å²) >= 11 is 0. The fourth-order valence-corrected chi connectivity index (χ4v) is 4.79. The van der Waals surface area contributed by atoms with Crippen molar-refractivity contribution in [1.29, 1.82) is 0 Å². The van der Waals surface area contributed by atoms with E-state index < -0.39 is 37.6 Å². The van der Waals surface area contributed by atoms with Crippen LogP contribution in [0.4, 0.5) is 0 Å². The number of allylic oxidation sites excluding steroid dienone is 2. The van der Waals surface area contributed by atoms with Crippen LogP contribution in [0.5, 0.6) is 5.75 Å². The van der Waals surface area contributed by atoms with E-state index in [-0.39, 0.29) is 36.5 Å². The van der Waals surface area contributed by atoms with E-state index in [1.165, 1.54) is 32.4 Å². The van der Waals surface area contributed by atoms with Crippen LogP contribution in [0.25, 0.3) is 0 Å². The van der Waals surface area contributed by atoms with Gasteiger partial charge in [-0.15, -0.1) is 0 Å². The highest BCUT2D eigenvalue weighted by molar-refractivity contribution is 7.54. The zero-order valence-electron chi connectivity index (χ0n) is 20.1. The van der Waals surface area contributed by atoms with Crippen molar-refractivity contribution in [2.75, 3.05) is 27.0 Å². The molecule has 0 saturated heterocycles. The monoisotopic (exact) mass is 496 g/mol. The fourth-order valence-electron chi connectivity index (χ4n) is 2.85. The Kier molecular flexibility index (Phi) is 12.7. The van der Waals surface area contributed by atoms with Crippen molar-refractivity contribution >= 4 is 25.5 Å². The van der Waals surface area contributed by atoms with Gasteiger partial charge in [0.1, 0.15) is 17.1 Å². The van der Waals surface area contributed by atoms with Gasteiger partial charge in [-0.3, -0.25) is 9.59 Å². The second-order valence-corrected chi connectivity index (χ2v) is 9.21. The largest absolute Gasteiger partial charge is 0.469 e. The number of rotatable bonds is 15. The fraction of sp³-hybridized carbons (Fsp3) is 0.458. The van der Waals surface area contributed by atoms with Crippen LogP contribution in [0.15, 0.2) is 48.8 Å². The van der Waals surface area contributed by atoms with Crippen LogP contribution in [0.2, 0.25) is 0 Å². The second-order valence-electron chi connectivity index (χ2n) is 7.26. The van der Waals surface area contributed by atoms with E-state index in [9.17, 15) is 18.9 Å². The van der Waals surface area contributed by atoms with Crippen LogP contribution < -0.4 is 4.52 Å². The molecular weight excluding hydrogens is 463 g/mol. The van der Waals surface area contributed by atoms with E-state index in [2.05, 4.69) is 11.3 Å². The summed E-state index contributed by atoms with van der Waals surface area (Å²) < 4.78 is 39.8. The Balaban J connectivity index is 3.27. The van der Waals surface area contributed by atoms with Crippen LogP contribution >= 0.6 is 7.60 Å². The Bertz CT molecular complexity index is 923. The van der Waals surface area contributed by atoms with Gasteiger partial charge in [-0.25, -0.2) is 9.36 Å². The molecule has 0 aliphatic rings. The Morgan fingerprint density at radius 1 is 1.15 bits per heavy atom. The van der Waals surface area contributed by atoms with Gasteiger partial charge >= 0.3 is 25.5 Å². The standard InChI is InChI=1S/C24H33O9P/c1-6-8-16-31-24(27)20-12-9-10-13-21(20)33-34(28,32-18(3)11-7-2)17-19(23(26)30-5)14-15-22(25)29-4/h7,9-13,19H,3,6,8,14-17H2,1-2,4-5H3/b11-7-. The number of carbonyl (C=O) groups excluding carboxylic acids is 3. The van der Waals surface area contributed by atoms with Crippen LogP contribution in [0, 0.1) is 5.92 Å². The SMILES string of the molecule is C=C(/C=C\C)OP(=O)(CC(CCC(=O)OC)C(=O)OC)Oc1ccccc1C(=O)OCCCC. The van der Waals surface area contributed by atoms with Gasteiger partial charge in [-0.05, 0) is 38.0 Å². The molecule has 0 heterocycles. The first kappa shape index (κ1) is 29.0. The van der Waals surface area contributed by atoms with Gasteiger partial charge in [0.15, 0.2) is 0 Å². The highest BCUT2D eigenvalue weighted by atomic mass is 31.2. The first-order chi connectivity index (χ1) is 16.2. The van der Waals surface area contributed by atoms with E-state index in [1.807, 2.05) is 6.92 Å². The molecule has 0 saturated carbocycles. The van der Waals surface area contributed by atoms with Crippen molar-refractivity contribution in [2.45, 2.75) is 39.5 Å². The van der Waals surface area contributed by atoms with Crippen molar-refractivity contribution in [2.24, 2.45) is 5.92 Å². The van der Waals surface area contributed by atoms with Crippen LogP contribution in [0.3, 0.4) is 0 Å². The first-order valence-electron chi connectivity index (χ1n) is 10.9. The predicted molar refractivity (Wildman–Crippen MR) is 127 cm³/mol. The molecule has 0 N–H and O–H groups in total. The van der Waals surface area contributed by atoms with Crippen molar-refractivity contribution in [3.05, 3.63) is 54.3 Å². The van der Waals surface area contributed by atoms with Gasteiger partial charge in [-0.1, -0.05) is 38.1 Å². The van der Waals surface area contributed by atoms with Crippen molar-refractivity contribution in [3.8, 4) is 5.75 Å². The number of ether oxygens (including phenoxy) is 3. The number of esters is 3. The van der Waals surface area contributed by atoms with Crippen molar-refractivity contribution < 1.29 is 42.2 Å². The highest BCUT2D eigenvalue weighted by Gasteiger charge is 2.37. The smallest absolute Gasteiger partial charge is 0.431 e. The number of methoxy groups -OCH3 is 2. The highest BCUT2D eigenvalue weighted by Crippen LogP contribution is 2.53. The van der Waals surface area contributed by atoms with Gasteiger partial charge in [0.2, 0.25) is 0 Å². The Morgan fingerprint density at radius 3 is 2.47 bits per heavy atom. The maximum absolute atomic E-state index is 13.8. The molecule has 0 bridgehead atoms. The molecule has 2 unspecified atom stereocenters. The molecule has 0 fully saturated rings. The summed E-state index contributed by atoms with van der Waals surface area (Å²) in [4.78, 5) is 36.5. The number of hydrogen-bond donors (Lipinski definition) is 0. The third kappa shape index (κ3) is 9.83. The van der Waals surface area contributed by atoms with Crippen molar-refractivity contribution in [3.63, 3.8) is 0 Å². The minimum Gasteiger partial charge on any atom is -0.469 e. The van der Waals surface area contributed by atoms with Crippen molar-refractivity contribution in [1.82, 2.24) is 0 Å². The van der Waals surface area contributed by atoms with E-state index in [4.69, 9.17) is 18.5 Å². The molecule has 2 atom stereocenters.